The lowest BCUT2D eigenvalue weighted by atomic mass is 10.1. The van der Waals surface area contributed by atoms with E-state index < -0.39 is 10.0 Å². The van der Waals surface area contributed by atoms with Gasteiger partial charge >= 0.3 is 0 Å². The van der Waals surface area contributed by atoms with Crippen LogP contribution in [0.25, 0.3) is 0 Å². The van der Waals surface area contributed by atoms with E-state index in [2.05, 4.69) is 5.32 Å². The molecule has 0 aliphatic rings. The van der Waals surface area contributed by atoms with Gasteiger partial charge in [0, 0.05) is 20.3 Å². The van der Waals surface area contributed by atoms with Gasteiger partial charge in [0.15, 0.2) is 0 Å². The van der Waals surface area contributed by atoms with Crippen molar-refractivity contribution in [2.24, 2.45) is 0 Å². The Hall–Kier alpha value is -2.38. The lowest BCUT2D eigenvalue weighted by Crippen LogP contribution is -2.41. The van der Waals surface area contributed by atoms with Gasteiger partial charge < -0.3 is 10.1 Å². The third-order valence-electron chi connectivity index (χ3n) is 4.38. The van der Waals surface area contributed by atoms with Crippen LogP contribution in [0.4, 0.5) is 5.69 Å². The van der Waals surface area contributed by atoms with E-state index in [1.54, 1.807) is 37.4 Å². The number of methoxy groups -OCH3 is 1. The highest BCUT2D eigenvalue weighted by Crippen LogP contribution is 2.28. The molecule has 0 unspecified atom stereocenters. The van der Waals surface area contributed by atoms with Gasteiger partial charge in [-0.2, -0.15) is 0 Å². The molecule has 0 aliphatic heterocycles. The zero-order valence-corrected chi connectivity index (χ0v) is 17.7. The standard InChI is InChI=1S/C21H28N2O4S/c1-16-7-10-19(11-8-16)28(25,26)23(15-21(24)22-12-5-13-27-4)20-14-17(2)6-9-18(20)3/h6-11,14H,5,12-13,15H2,1-4H3,(H,22,24). The highest BCUT2D eigenvalue weighted by atomic mass is 32.2. The van der Waals surface area contributed by atoms with E-state index in [0.717, 1.165) is 16.7 Å². The smallest absolute Gasteiger partial charge is 0.264 e. The molecule has 2 rings (SSSR count). The summed E-state index contributed by atoms with van der Waals surface area (Å²) < 4.78 is 32.8. The van der Waals surface area contributed by atoms with Crippen molar-refractivity contribution >= 4 is 21.6 Å². The number of amides is 1. The van der Waals surface area contributed by atoms with Gasteiger partial charge in [-0.25, -0.2) is 8.42 Å². The SMILES string of the molecule is COCCCNC(=O)CN(c1cc(C)ccc1C)S(=O)(=O)c1ccc(C)cc1. The summed E-state index contributed by atoms with van der Waals surface area (Å²) in [6.45, 7) is 6.30. The fraction of sp³-hybridized carbons (Fsp3) is 0.381. The molecule has 0 radical (unpaired) electrons. The molecule has 1 N–H and O–H groups in total. The van der Waals surface area contributed by atoms with E-state index in [0.29, 0.717) is 25.3 Å². The molecule has 2 aromatic carbocycles. The predicted molar refractivity (Wildman–Crippen MR) is 111 cm³/mol. The van der Waals surface area contributed by atoms with Gasteiger partial charge in [0.2, 0.25) is 5.91 Å². The minimum atomic E-state index is -3.89. The lowest BCUT2D eigenvalue weighted by Gasteiger charge is -2.26. The number of hydrogen-bond donors (Lipinski definition) is 1. The number of carbonyl (C=O) groups excluding carboxylic acids is 1. The maximum atomic E-state index is 13.3. The van der Waals surface area contributed by atoms with E-state index in [1.165, 1.54) is 4.31 Å². The van der Waals surface area contributed by atoms with Crippen molar-refractivity contribution < 1.29 is 17.9 Å². The van der Waals surface area contributed by atoms with E-state index in [-0.39, 0.29) is 17.3 Å². The molecule has 0 bridgehead atoms. The van der Waals surface area contributed by atoms with Crippen molar-refractivity contribution in [1.29, 1.82) is 0 Å². The third-order valence-corrected chi connectivity index (χ3v) is 6.15. The summed E-state index contributed by atoms with van der Waals surface area (Å²) in [4.78, 5) is 12.6. The number of rotatable bonds is 9. The molecule has 0 spiro atoms. The highest BCUT2D eigenvalue weighted by molar-refractivity contribution is 7.92. The van der Waals surface area contributed by atoms with Crippen LogP contribution in [0.3, 0.4) is 0 Å². The van der Waals surface area contributed by atoms with Crippen LogP contribution in [0.2, 0.25) is 0 Å². The van der Waals surface area contributed by atoms with Crippen LogP contribution in [0.5, 0.6) is 0 Å². The van der Waals surface area contributed by atoms with Crippen LogP contribution in [-0.2, 0) is 19.6 Å². The van der Waals surface area contributed by atoms with Crippen molar-refractivity contribution in [2.45, 2.75) is 32.1 Å². The molecule has 0 saturated heterocycles. The average molecular weight is 405 g/mol. The number of hydrogen-bond acceptors (Lipinski definition) is 4. The minimum Gasteiger partial charge on any atom is -0.385 e. The van der Waals surface area contributed by atoms with Gasteiger partial charge in [-0.3, -0.25) is 9.10 Å². The molecule has 6 nitrogen and oxygen atoms in total. The predicted octanol–water partition coefficient (Wildman–Crippen LogP) is 2.96. The van der Waals surface area contributed by atoms with Crippen LogP contribution >= 0.6 is 0 Å². The first-order valence-electron chi connectivity index (χ1n) is 9.18. The van der Waals surface area contributed by atoms with Gasteiger partial charge in [-0.1, -0.05) is 29.8 Å². The van der Waals surface area contributed by atoms with Crippen LogP contribution in [0.1, 0.15) is 23.1 Å². The van der Waals surface area contributed by atoms with E-state index in [4.69, 9.17) is 4.74 Å². The second-order valence-electron chi connectivity index (χ2n) is 6.81. The monoisotopic (exact) mass is 404 g/mol. The minimum absolute atomic E-state index is 0.159. The van der Waals surface area contributed by atoms with Gasteiger partial charge in [-0.15, -0.1) is 0 Å². The quantitative estimate of drug-likeness (QED) is 0.652. The molecule has 0 atom stereocenters. The summed E-state index contributed by atoms with van der Waals surface area (Å²) in [5.74, 6) is -0.354. The average Bonchev–Trinajstić information content (AvgIpc) is 2.65. The van der Waals surface area contributed by atoms with Crippen molar-refractivity contribution in [3.8, 4) is 0 Å². The fourth-order valence-corrected chi connectivity index (χ4v) is 4.23. The summed E-state index contributed by atoms with van der Waals surface area (Å²) in [6, 6.07) is 12.2. The van der Waals surface area contributed by atoms with Gasteiger partial charge in [-0.05, 0) is 56.5 Å². The summed E-state index contributed by atoms with van der Waals surface area (Å²) in [5.41, 5.74) is 3.18. The number of nitrogens with zero attached hydrogens (tertiary/aromatic N) is 1. The second kappa shape index (κ2) is 9.71. The van der Waals surface area contributed by atoms with Crippen molar-refractivity contribution in [3.63, 3.8) is 0 Å². The summed E-state index contributed by atoms with van der Waals surface area (Å²) in [5, 5.41) is 2.76. The normalized spacial score (nSPS) is 11.3. The number of ether oxygens (including phenoxy) is 1. The van der Waals surface area contributed by atoms with Crippen molar-refractivity contribution in [3.05, 3.63) is 59.2 Å². The molecule has 0 heterocycles. The molecule has 0 aliphatic carbocycles. The Labute approximate surface area is 167 Å². The molecular formula is C21H28N2O4S. The Bertz CT molecular complexity index is 909. The maximum absolute atomic E-state index is 13.3. The molecule has 1 amide bonds. The summed E-state index contributed by atoms with van der Waals surface area (Å²) in [7, 11) is -2.30. The number of aryl methyl sites for hydroxylation is 3. The van der Waals surface area contributed by atoms with Gasteiger partial charge in [0.05, 0.1) is 10.6 Å². The van der Waals surface area contributed by atoms with Crippen LogP contribution < -0.4 is 9.62 Å². The molecule has 0 fully saturated rings. The van der Waals surface area contributed by atoms with Crippen LogP contribution in [0.15, 0.2) is 47.4 Å². The first-order valence-corrected chi connectivity index (χ1v) is 10.6. The molecule has 2 aromatic rings. The molecular weight excluding hydrogens is 376 g/mol. The summed E-state index contributed by atoms with van der Waals surface area (Å²) in [6.07, 6.45) is 0.663. The number of anilines is 1. The van der Waals surface area contributed by atoms with Crippen LogP contribution in [0, 0.1) is 20.8 Å². The number of benzene rings is 2. The first-order chi connectivity index (χ1) is 13.3. The van der Waals surface area contributed by atoms with Crippen LogP contribution in [-0.4, -0.2) is 41.1 Å². The molecule has 152 valence electrons. The first kappa shape index (κ1) is 21.9. The molecule has 0 saturated carbocycles. The van der Waals surface area contributed by atoms with Crippen molar-refractivity contribution in [1.82, 2.24) is 5.32 Å². The number of sulfonamides is 1. The molecule has 28 heavy (non-hydrogen) atoms. The van der Waals surface area contributed by atoms with E-state index >= 15 is 0 Å². The van der Waals surface area contributed by atoms with Crippen molar-refractivity contribution in [2.75, 3.05) is 31.1 Å². The molecule has 7 heteroatoms. The Morgan fingerprint density at radius 2 is 1.68 bits per heavy atom. The Morgan fingerprint density at radius 1 is 1.04 bits per heavy atom. The summed E-state index contributed by atoms with van der Waals surface area (Å²) >= 11 is 0. The Balaban J connectivity index is 2.37. The second-order valence-corrected chi connectivity index (χ2v) is 8.67. The lowest BCUT2D eigenvalue weighted by molar-refractivity contribution is -0.119. The zero-order chi connectivity index (χ0) is 20.7. The van der Waals surface area contributed by atoms with E-state index in [9.17, 15) is 13.2 Å². The number of carbonyl (C=O) groups is 1. The molecule has 0 aromatic heterocycles. The van der Waals surface area contributed by atoms with Gasteiger partial charge in [0.1, 0.15) is 6.54 Å². The fourth-order valence-electron chi connectivity index (χ4n) is 2.76. The highest BCUT2D eigenvalue weighted by Gasteiger charge is 2.28. The largest absolute Gasteiger partial charge is 0.385 e. The Kier molecular flexibility index (Phi) is 7.60. The zero-order valence-electron chi connectivity index (χ0n) is 16.9. The maximum Gasteiger partial charge on any atom is 0.264 e. The van der Waals surface area contributed by atoms with Gasteiger partial charge in [0.25, 0.3) is 10.0 Å². The Morgan fingerprint density at radius 3 is 2.32 bits per heavy atom. The number of nitrogens with one attached hydrogen (secondary N) is 1. The third kappa shape index (κ3) is 5.56. The topological polar surface area (TPSA) is 75.7 Å². The van der Waals surface area contributed by atoms with E-state index in [1.807, 2.05) is 32.9 Å².